The third-order valence-electron chi connectivity index (χ3n) is 6.62. The summed E-state index contributed by atoms with van der Waals surface area (Å²) in [7, 11) is 0. The molecule has 4 unspecified atom stereocenters. The molecule has 2 aromatic rings. The molecule has 32 heavy (non-hydrogen) atoms. The Labute approximate surface area is 206 Å². The first-order valence-corrected chi connectivity index (χ1v) is 11.4. The topological polar surface area (TPSA) is 69.7 Å². The van der Waals surface area contributed by atoms with Crippen LogP contribution < -0.4 is 10.2 Å². The van der Waals surface area contributed by atoms with Gasteiger partial charge in [0, 0.05) is 29.4 Å². The van der Waals surface area contributed by atoms with Crippen LogP contribution in [0.4, 0.5) is 11.4 Å². The summed E-state index contributed by atoms with van der Waals surface area (Å²) in [5, 5.41) is 3.41. The Morgan fingerprint density at radius 3 is 2.38 bits per heavy atom. The molecular weight excluding hydrogens is 496 g/mol. The standard InChI is InChI=1S/C22H15Cl4N3O3/c23-9-4-10(24)6-12(5-9)29-19(30)16-15-2-1-3-28(15)22(17(16)20(29)31)13-7-11(25)8-14(26)18(13)27-21(22)32/h4-8,15-17H,1-3H2,(H,27,32)/i16D,17D. The van der Waals surface area contributed by atoms with Crippen LogP contribution in [0.25, 0.3) is 0 Å². The number of benzene rings is 2. The van der Waals surface area contributed by atoms with Crippen molar-refractivity contribution in [2.75, 3.05) is 16.8 Å². The molecule has 4 heterocycles. The van der Waals surface area contributed by atoms with Crippen LogP contribution >= 0.6 is 46.4 Å². The largest absolute Gasteiger partial charge is 0.323 e. The van der Waals surface area contributed by atoms with E-state index in [2.05, 4.69) is 5.32 Å². The molecule has 6 nitrogen and oxygen atoms in total. The van der Waals surface area contributed by atoms with Gasteiger partial charge in [-0.2, -0.15) is 0 Å². The van der Waals surface area contributed by atoms with Gasteiger partial charge in [0.15, 0.2) is 0 Å². The minimum atomic E-state index is -2.53. The summed E-state index contributed by atoms with van der Waals surface area (Å²) in [4.78, 5) is 44.2. The molecule has 3 fully saturated rings. The fourth-order valence-corrected chi connectivity index (χ4v) is 6.62. The number of rotatable bonds is 1. The summed E-state index contributed by atoms with van der Waals surface area (Å²) >= 11 is 24.9. The second-order valence-electron chi connectivity index (χ2n) is 8.19. The van der Waals surface area contributed by atoms with E-state index in [9.17, 15) is 17.1 Å². The van der Waals surface area contributed by atoms with E-state index in [0.717, 1.165) is 4.90 Å². The first-order valence-electron chi connectivity index (χ1n) is 10.9. The molecule has 10 heteroatoms. The number of nitrogens with zero attached hydrogens (tertiary/aromatic N) is 2. The lowest BCUT2D eigenvalue weighted by Gasteiger charge is -2.36. The van der Waals surface area contributed by atoms with Crippen LogP contribution in [0.15, 0.2) is 30.3 Å². The normalized spacial score (nSPS) is 36.3. The van der Waals surface area contributed by atoms with Crippen LogP contribution in [0.3, 0.4) is 0 Å². The summed E-state index contributed by atoms with van der Waals surface area (Å²) in [6.45, 7) is 0.326. The highest BCUT2D eigenvalue weighted by Gasteiger charge is 2.74. The molecule has 6 rings (SSSR count). The van der Waals surface area contributed by atoms with E-state index >= 15 is 0 Å². The molecule has 0 aliphatic carbocycles. The Balaban J connectivity index is 1.67. The van der Waals surface area contributed by atoms with Crippen LogP contribution in [0.5, 0.6) is 0 Å². The van der Waals surface area contributed by atoms with Crippen molar-refractivity contribution in [1.82, 2.24) is 4.90 Å². The van der Waals surface area contributed by atoms with Crippen LogP contribution in [0.1, 0.15) is 21.1 Å². The van der Waals surface area contributed by atoms with Crippen molar-refractivity contribution in [3.63, 3.8) is 0 Å². The third kappa shape index (κ3) is 2.45. The number of fused-ring (bicyclic) bond motifs is 7. The van der Waals surface area contributed by atoms with E-state index in [1.807, 2.05) is 0 Å². The lowest BCUT2D eigenvalue weighted by Crippen LogP contribution is -2.54. The van der Waals surface area contributed by atoms with Crippen molar-refractivity contribution in [3.05, 3.63) is 56.0 Å². The average molecular weight is 513 g/mol. The first kappa shape index (κ1) is 18.6. The second kappa shape index (κ2) is 6.84. The SMILES string of the molecule is [2H]C12C(=O)N(c3cc(Cl)cc(Cl)c3)C(=O)C1([2H])C1(C(=O)Nc3c(Cl)cc(Cl)cc31)N1CCCC12. The van der Waals surface area contributed by atoms with Gasteiger partial charge in [0.25, 0.3) is 5.91 Å². The number of anilines is 2. The van der Waals surface area contributed by atoms with Gasteiger partial charge in [-0.1, -0.05) is 46.4 Å². The van der Waals surface area contributed by atoms with Gasteiger partial charge in [0.05, 0.1) is 28.2 Å². The molecule has 3 saturated heterocycles. The summed E-state index contributed by atoms with van der Waals surface area (Å²) < 4.78 is 19.0. The van der Waals surface area contributed by atoms with Gasteiger partial charge < -0.3 is 5.32 Å². The number of nitrogens with one attached hydrogen (secondary N) is 1. The minimum absolute atomic E-state index is 0.0441. The summed E-state index contributed by atoms with van der Waals surface area (Å²) in [5.41, 5.74) is -1.48. The Morgan fingerprint density at radius 2 is 1.66 bits per heavy atom. The highest BCUT2D eigenvalue weighted by atomic mass is 35.5. The van der Waals surface area contributed by atoms with Crippen LogP contribution in [0, 0.1) is 11.8 Å². The molecule has 4 atom stereocenters. The van der Waals surface area contributed by atoms with Gasteiger partial charge in [0.2, 0.25) is 11.8 Å². The predicted octanol–water partition coefficient (Wildman–Crippen LogP) is 4.73. The lowest BCUT2D eigenvalue weighted by atomic mass is 9.75. The number of hydrogen-bond donors (Lipinski definition) is 1. The zero-order valence-corrected chi connectivity index (χ0v) is 19.2. The molecule has 4 aliphatic rings. The number of carbonyl (C=O) groups is 3. The zero-order valence-electron chi connectivity index (χ0n) is 18.2. The molecule has 0 bridgehead atoms. The molecule has 164 valence electrons. The van der Waals surface area contributed by atoms with Crippen molar-refractivity contribution in [2.24, 2.45) is 11.8 Å². The monoisotopic (exact) mass is 511 g/mol. The fourth-order valence-electron chi connectivity index (χ4n) is 5.57. The fraction of sp³-hybridized carbons (Fsp3) is 0.318. The molecule has 2 aromatic carbocycles. The molecule has 0 aromatic heterocycles. The smallest absolute Gasteiger partial charge is 0.250 e. The maximum atomic E-state index is 14.1. The van der Waals surface area contributed by atoms with Crippen molar-refractivity contribution >= 4 is 75.5 Å². The molecule has 0 radical (unpaired) electrons. The number of carbonyl (C=O) groups excluding carboxylic acids is 3. The van der Waals surface area contributed by atoms with E-state index in [0.29, 0.717) is 19.4 Å². The Bertz CT molecular complexity index is 1340. The Morgan fingerprint density at radius 1 is 0.969 bits per heavy atom. The van der Waals surface area contributed by atoms with E-state index < -0.39 is 41.1 Å². The van der Waals surface area contributed by atoms with Gasteiger partial charge in [-0.05, 0) is 49.7 Å². The van der Waals surface area contributed by atoms with E-state index in [1.165, 1.54) is 30.3 Å². The lowest BCUT2D eigenvalue weighted by molar-refractivity contribution is -0.135. The quantitative estimate of drug-likeness (QED) is 0.561. The van der Waals surface area contributed by atoms with Crippen LogP contribution in [0.2, 0.25) is 20.1 Å². The number of halogens is 4. The molecule has 3 amide bonds. The maximum Gasteiger partial charge on any atom is 0.250 e. The van der Waals surface area contributed by atoms with Crippen LogP contribution in [-0.4, -0.2) is 35.2 Å². The predicted molar refractivity (Wildman–Crippen MR) is 122 cm³/mol. The van der Waals surface area contributed by atoms with Gasteiger partial charge in [0.1, 0.15) is 5.54 Å². The highest BCUT2D eigenvalue weighted by molar-refractivity contribution is 6.38. The van der Waals surface area contributed by atoms with Crippen LogP contribution in [-0.2, 0) is 19.9 Å². The van der Waals surface area contributed by atoms with E-state index in [4.69, 9.17) is 46.4 Å². The molecule has 1 spiro atoms. The van der Waals surface area contributed by atoms with Crippen molar-refractivity contribution in [1.29, 1.82) is 0 Å². The van der Waals surface area contributed by atoms with Gasteiger partial charge in [-0.15, -0.1) is 0 Å². The first-order chi connectivity index (χ1) is 16.0. The Hall–Kier alpha value is -1.83. The van der Waals surface area contributed by atoms with Gasteiger partial charge >= 0.3 is 0 Å². The second-order valence-corrected chi connectivity index (χ2v) is 9.90. The molecular formula is C22H15Cl4N3O3. The molecule has 4 aliphatic heterocycles. The number of hydrogen-bond acceptors (Lipinski definition) is 4. The average Bonchev–Trinajstić information content (AvgIpc) is 3.42. The van der Waals surface area contributed by atoms with Gasteiger partial charge in [-0.25, -0.2) is 4.90 Å². The number of amides is 3. The van der Waals surface area contributed by atoms with Crippen molar-refractivity contribution < 1.29 is 17.1 Å². The summed E-state index contributed by atoms with van der Waals surface area (Å²) in [6.07, 6.45) is 0.955. The third-order valence-corrected chi connectivity index (χ3v) is 7.57. The maximum absolute atomic E-state index is 14.1. The van der Waals surface area contributed by atoms with E-state index in [-0.39, 0.29) is 37.0 Å². The van der Waals surface area contributed by atoms with Crippen molar-refractivity contribution in [2.45, 2.75) is 24.4 Å². The summed E-state index contributed by atoms with van der Waals surface area (Å²) in [6, 6.07) is 6.25. The highest BCUT2D eigenvalue weighted by Crippen LogP contribution is 2.61. The molecule has 1 N–H and O–H groups in total. The zero-order chi connectivity index (χ0) is 24.4. The minimum Gasteiger partial charge on any atom is -0.323 e. The van der Waals surface area contributed by atoms with E-state index in [1.54, 1.807) is 4.90 Å². The van der Waals surface area contributed by atoms with Crippen molar-refractivity contribution in [3.8, 4) is 0 Å². The number of imide groups is 1. The summed E-state index contributed by atoms with van der Waals surface area (Å²) in [5.74, 6) is -7.38. The Kier molecular flexibility index (Phi) is 3.97. The van der Waals surface area contributed by atoms with Gasteiger partial charge in [-0.3, -0.25) is 19.3 Å². The molecule has 0 saturated carbocycles.